The standard InChI is InChI=1S/C27H26N6O3/c1-27-25-20(19-7-3-5-9-22(19)31-25)11-13-32(27)24(35)16-33(26(27)36)30-15-23(34)28-12-10-17-14-29-21-8-4-2-6-18(17)21/h2-9,14-15,29,31H,10-13,16H2,1H3,(H,28,34)/b30-15-/t27-/m1/s1. The van der Waals surface area contributed by atoms with Crippen molar-refractivity contribution >= 4 is 45.7 Å². The van der Waals surface area contributed by atoms with Gasteiger partial charge in [0.25, 0.3) is 11.8 Å². The molecule has 2 aliphatic rings. The summed E-state index contributed by atoms with van der Waals surface area (Å²) in [6, 6.07) is 15.9. The molecule has 6 rings (SSSR count). The fourth-order valence-electron chi connectivity index (χ4n) is 5.51. The first kappa shape index (κ1) is 22.1. The Morgan fingerprint density at radius 2 is 1.86 bits per heavy atom. The molecule has 182 valence electrons. The number of rotatable bonds is 5. The van der Waals surface area contributed by atoms with E-state index in [0.717, 1.165) is 49.9 Å². The van der Waals surface area contributed by atoms with Gasteiger partial charge in [-0.1, -0.05) is 36.4 Å². The van der Waals surface area contributed by atoms with Gasteiger partial charge < -0.3 is 20.2 Å². The van der Waals surface area contributed by atoms with Gasteiger partial charge in [0, 0.05) is 41.1 Å². The van der Waals surface area contributed by atoms with Gasteiger partial charge in [-0.3, -0.25) is 14.4 Å². The molecule has 9 heteroatoms. The summed E-state index contributed by atoms with van der Waals surface area (Å²) in [7, 11) is 0. The van der Waals surface area contributed by atoms with Crippen molar-refractivity contribution in [3.05, 3.63) is 71.5 Å². The summed E-state index contributed by atoms with van der Waals surface area (Å²) in [5.74, 6) is -0.951. The Morgan fingerprint density at radius 1 is 1.11 bits per heavy atom. The predicted octanol–water partition coefficient (Wildman–Crippen LogP) is 2.44. The lowest BCUT2D eigenvalue weighted by Crippen LogP contribution is -2.65. The number of amides is 3. The first-order valence-corrected chi connectivity index (χ1v) is 12.1. The van der Waals surface area contributed by atoms with Crippen LogP contribution in [0.3, 0.4) is 0 Å². The Labute approximate surface area is 207 Å². The summed E-state index contributed by atoms with van der Waals surface area (Å²) >= 11 is 0. The summed E-state index contributed by atoms with van der Waals surface area (Å²) in [6.45, 7) is 2.44. The van der Waals surface area contributed by atoms with Gasteiger partial charge in [0.2, 0.25) is 5.91 Å². The summed E-state index contributed by atoms with van der Waals surface area (Å²) in [5, 5.41) is 10.2. The van der Waals surface area contributed by atoms with E-state index < -0.39 is 11.4 Å². The molecule has 2 aliphatic heterocycles. The van der Waals surface area contributed by atoms with Crippen LogP contribution in [0.4, 0.5) is 0 Å². The van der Waals surface area contributed by atoms with Crippen LogP contribution in [-0.4, -0.2) is 63.4 Å². The second kappa shape index (κ2) is 8.37. The van der Waals surface area contributed by atoms with Crippen LogP contribution in [0.15, 0.2) is 59.8 Å². The van der Waals surface area contributed by atoms with Crippen LogP contribution in [-0.2, 0) is 32.8 Å². The van der Waals surface area contributed by atoms with E-state index in [-0.39, 0.29) is 18.4 Å². The molecule has 3 N–H and O–H groups in total. The fourth-order valence-corrected chi connectivity index (χ4v) is 5.51. The van der Waals surface area contributed by atoms with Crippen molar-refractivity contribution in [1.29, 1.82) is 0 Å². The van der Waals surface area contributed by atoms with Crippen molar-refractivity contribution in [2.24, 2.45) is 5.10 Å². The Bertz CT molecular complexity index is 1550. The van der Waals surface area contributed by atoms with Crippen LogP contribution < -0.4 is 5.32 Å². The summed E-state index contributed by atoms with van der Waals surface area (Å²) < 4.78 is 0. The lowest BCUT2D eigenvalue weighted by atomic mass is 9.83. The highest BCUT2D eigenvalue weighted by Gasteiger charge is 2.54. The predicted molar refractivity (Wildman–Crippen MR) is 136 cm³/mol. The molecule has 2 aromatic carbocycles. The number of hydrazone groups is 1. The Hall–Kier alpha value is -4.40. The first-order chi connectivity index (χ1) is 17.5. The molecule has 2 aromatic heterocycles. The molecule has 0 saturated carbocycles. The average molecular weight is 483 g/mol. The third-order valence-electron chi connectivity index (χ3n) is 7.35. The number of benzene rings is 2. The van der Waals surface area contributed by atoms with Gasteiger partial charge in [-0.15, -0.1) is 0 Å². The van der Waals surface area contributed by atoms with Gasteiger partial charge in [-0.05, 0) is 43.0 Å². The molecule has 1 saturated heterocycles. The number of hydrogen-bond donors (Lipinski definition) is 3. The molecule has 1 fully saturated rings. The maximum Gasteiger partial charge on any atom is 0.275 e. The minimum absolute atomic E-state index is 0.191. The lowest BCUT2D eigenvalue weighted by Gasteiger charge is -2.48. The number of para-hydroxylation sites is 2. The maximum absolute atomic E-state index is 13.6. The zero-order chi connectivity index (χ0) is 24.9. The zero-order valence-electron chi connectivity index (χ0n) is 19.9. The first-order valence-electron chi connectivity index (χ1n) is 12.1. The highest BCUT2D eigenvalue weighted by atomic mass is 16.2. The molecule has 36 heavy (non-hydrogen) atoms. The molecule has 0 bridgehead atoms. The Morgan fingerprint density at radius 3 is 2.69 bits per heavy atom. The van der Waals surface area contributed by atoms with Gasteiger partial charge in [0.05, 0.1) is 5.69 Å². The highest BCUT2D eigenvalue weighted by Crippen LogP contribution is 2.41. The van der Waals surface area contributed by atoms with Gasteiger partial charge in [0.1, 0.15) is 12.8 Å². The SMILES string of the molecule is C[C@@]12C(=O)N(/N=C\C(=O)NCCc3c[nH]c4ccccc34)CC(=O)N1CCc1c2[nH]c2ccccc12. The number of piperazine rings is 1. The van der Waals surface area contributed by atoms with Crippen LogP contribution in [0, 0.1) is 0 Å². The molecular formula is C27H26N6O3. The summed E-state index contributed by atoms with van der Waals surface area (Å²) in [4.78, 5) is 47.3. The third kappa shape index (κ3) is 3.38. The number of H-pyrrole nitrogens is 2. The number of nitrogens with zero attached hydrogens (tertiary/aromatic N) is 3. The van der Waals surface area contributed by atoms with E-state index in [2.05, 4.69) is 20.4 Å². The number of carbonyl (C=O) groups excluding carboxylic acids is 3. The quantitative estimate of drug-likeness (QED) is 0.380. The number of aromatic nitrogens is 2. The van der Waals surface area contributed by atoms with Crippen molar-refractivity contribution in [3.63, 3.8) is 0 Å². The Balaban J connectivity index is 1.17. The highest BCUT2D eigenvalue weighted by molar-refractivity contribution is 6.26. The molecule has 4 heterocycles. The van der Waals surface area contributed by atoms with E-state index in [1.165, 1.54) is 0 Å². The average Bonchev–Trinajstić information content (AvgIpc) is 3.48. The number of aromatic amines is 2. The van der Waals surface area contributed by atoms with E-state index in [1.807, 2.05) is 54.7 Å². The molecule has 0 aliphatic carbocycles. The van der Waals surface area contributed by atoms with Gasteiger partial charge in [-0.25, -0.2) is 5.01 Å². The normalized spacial score (nSPS) is 19.8. The van der Waals surface area contributed by atoms with Crippen LogP contribution in [0.1, 0.15) is 23.7 Å². The van der Waals surface area contributed by atoms with Crippen LogP contribution in [0.2, 0.25) is 0 Å². The van der Waals surface area contributed by atoms with Gasteiger partial charge >= 0.3 is 0 Å². The lowest BCUT2D eigenvalue weighted by molar-refractivity contribution is -0.165. The van der Waals surface area contributed by atoms with Gasteiger partial charge in [0.15, 0.2) is 5.54 Å². The zero-order valence-corrected chi connectivity index (χ0v) is 19.9. The molecule has 9 nitrogen and oxygen atoms in total. The van der Waals surface area contributed by atoms with Crippen LogP contribution in [0.25, 0.3) is 21.8 Å². The minimum atomic E-state index is -1.20. The van der Waals surface area contributed by atoms with E-state index in [9.17, 15) is 14.4 Å². The van der Waals surface area contributed by atoms with Crippen molar-refractivity contribution in [1.82, 2.24) is 25.2 Å². The van der Waals surface area contributed by atoms with E-state index in [4.69, 9.17) is 0 Å². The molecule has 0 radical (unpaired) electrons. The number of nitrogens with one attached hydrogen (secondary N) is 3. The van der Waals surface area contributed by atoms with Gasteiger partial charge in [-0.2, -0.15) is 5.10 Å². The smallest absolute Gasteiger partial charge is 0.275 e. The summed E-state index contributed by atoms with van der Waals surface area (Å²) in [6.07, 6.45) is 4.35. The Kier molecular flexibility index (Phi) is 5.13. The topological polar surface area (TPSA) is 114 Å². The molecule has 1 atom stereocenters. The maximum atomic E-state index is 13.6. The van der Waals surface area contributed by atoms with Crippen LogP contribution >= 0.6 is 0 Å². The fraction of sp³-hybridized carbons (Fsp3) is 0.259. The summed E-state index contributed by atoms with van der Waals surface area (Å²) in [5.41, 5.74) is 3.66. The molecule has 4 aromatic rings. The largest absolute Gasteiger partial charge is 0.361 e. The van der Waals surface area contributed by atoms with E-state index in [0.29, 0.717) is 25.9 Å². The van der Waals surface area contributed by atoms with E-state index in [1.54, 1.807) is 11.8 Å². The second-order valence-corrected chi connectivity index (χ2v) is 9.40. The van der Waals surface area contributed by atoms with E-state index >= 15 is 0 Å². The monoisotopic (exact) mass is 482 g/mol. The molecule has 0 spiro atoms. The number of fused-ring (bicyclic) bond motifs is 6. The van der Waals surface area contributed by atoms with Crippen molar-refractivity contribution in [2.45, 2.75) is 25.3 Å². The second-order valence-electron chi connectivity index (χ2n) is 9.40. The number of carbonyl (C=O) groups is 3. The van der Waals surface area contributed by atoms with Crippen LogP contribution in [0.5, 0.6) is 0 Å². The number of hydrogen-bond acceptors (Lipinski definition) is 4. The van der Waals surface area contributed by atoms with Crippen molar-refractivity contribution < 1.29 is 14.4 Å². The van der Waals surface area contributed by atoms with Crippen molar-refractivity contribution in [3.8, 4) is 0 Å². The minimum Gasteiger partial charge on any atom is -0.361 e. The molecule has 3 amide bonds. The molecule has 0 unspecified atom stereocenters. The molecular weight excluding hydrogens is 456 g/mol. The third-order valence-corrected chi connectivity index (χ3v) is 7.35. The van der Waals surface area contributed by atoms with Crippen molar-refractivity contribution in [2.75, 3.05) is 19.6 Å².